The molecular weight excluding hydrogens is 436 g/mol. The lowest BCUT2D eigenvalue weighted by atomic mass is 10.1. The highest BCUT2D eigenvalue weighted by Crippen LogP contribution is 2.19. The molecule has 3 rings (SSSR count). The molecule has 0 spiro atoms. The summed E-state index contributed by atoms with van der Waals surface area (Å²) in [4.78, 5) is 32.2. The maximum Gasteiger partial charge on any atom is 0.332 e. The van der Waals surface area contributed by atoms with E-state index in [0.29, 0.717) is 18.2 Å². The number of imidazole rings is 1. The molecule has 0 radical (unpaired) electrons. The fraction of sp³-hybridized carbons (Fsp3) is 0.542. The van der Waals surface area contributed by atoms with Gasteiger partial charge in [0.05, 0.1) is 6.54 Å². The molecule has 10 heteroatoms. The SMILES string of the molecule is CCN(CC)CCNc1nc2c(c(=O)n(C)c(=O)n2C)n1C[C@H](O)COc1ccc(C)c(C)c1. The van der Waals surface area contributed by atoms with Gasteiger partial charge in [-0.05, 0) is 50.2 Å². The first kappa shape index (κ1) is 25.5. The molecule has 0 aliphatic rings. The maximum absolute atomic E-state index is 13.0. The molecule has 3 aromatic rings. The van der Waals surface area contributed by atoms with E-state index in [1.54, 1.807) is 11.6 Å². The lowest BCUT2D eigenvalue weighted by molar-refractivity contribution is 0.0937. The highest BCUT2D eigenvalue weighted by molar-refractivity contribution is 5.74. The topological polar surface area (TPSA) is 107 Å². The Morgan fingerprint density at radius 1 is 1.12 bits per heavy atom. The van der Waals surface area contributed by atoms with Gasteiger partial charge in [-0.2, -0.15) is 4.98 Å². The van der Waals surface area contributed by atoms with Crippen LogP contribution in [0.2, 0.25) is 0 Å². The number of nitrogens with one attached hydrogen (secondary N) is 1. The van der Waals surface area contributed by atoms with Crippen molar-refractivity contribution in [2.45, 2.75) is 40.3 Å². The smallest absolute Gasteiger partial charge is 0.332 e. The Hall–Kier alpha value is -3.11. The summed E-state index contributed by atoms with van der Waals surface area (Å²) in [5, 5.41) is 14.1. The number of aromatic nitrogens is 4. The number of likely N-dealkylation sites (N-methyl/N-ethyl adjacent to an activating group) is 1. The summed E-state index contributed by atoms with van der Waals surface area (Å²) < 4.78 is 9.84. The summed E-state index contributed by atoms with van der Waals surface area (Å²) >= 11 is 0. The Morgan fingerprint density at radius 2 is 1.82 bits per heavy atom. The van der Waals surface area contributed by atoms with Gasteiger partial charge in [0.2, 0.25) is 5.95 Å². The third-order valence-electron chi connectivity index (χ3n) is 6.27. The van der Waals surface area contributed by atoms with Gasteiger partial charge in [-0.15, -0.1) is 0 Å². The van der Waals surface area contributed by atoms with Crippen molar-refractivity contribution in [2.24, 2.45) is 14.1 Å². The van der Waals surface area contributed by atoms with E-state index in [1.165, 1.54) is 17.2 Å². The van der Waals surface area contributed by atoms with Gasteiger partial charge < -0.3 is 24.6 Å². The number of ether oxygens (including phenoxy) is 1. The lowest BCUT2D eigenvalue weighted by Gasteiger charge is -2.19. The van der Waals surface area contributed by atoms with Gasteiger partial charge in [0, 0.05) is 27.2 Å². The zero-order chi connectivity index (χ0) is 25.0. The fourth-order valence-corrected chi connectivity index (χ4v) is 3.88. The first-order chi connectivity index (χ1) is 16.2. The first-order valence-electron chi connectivity index (χ1n) is 11.7. The Balaban J connectivity index is 1.88. The van der Waals surface area contributed by atoms with Crippen molar-refractivity contribution >= 4 is 17.1 Å². The summed E-state index contributed by atoms with van der Waals surface area (Å²) in [5.74, 6) is 1.11. The van der Waals surface area contributed by atoms with Crippen LogP contribution in [-0.4, -0.2) is 67.6 Å². The molecule has 0 saturated heterocycles. The van der Waals surface area contributed by atoms with E-state index in [-0.39, 0.29) is 24.3 Å². The van der Waals surface area contributed by atoms with E-state index in [9.17, 15) is 14.7 Å². The molecule has 0 aliphatic heterocycles. The molecule has 186 valence electrons. The van der Waals surface area contributed by atoms with E-state index in [2.05, 4.69) is 29.0 Å². The molecule has 0 amide bonds. The number of rotatable bonds is 11. The molecule has 0 saturated carbocycles. The summed E-state index contributed by atoms with van der Waals surface area (Å²) in [6.07, 6.45) is -0.899. The molecule has 0 bridgehead atoms. The number of anilines is 1. The number of aryl methyl sites for hydroxylation is 3. The van der Waals surface area contributed by atoms with Crippen LogP contribution in [-0.2, 0) is 20.6 Å². The zero-order valence-corrected chi connectivity index (χ0v) is 21.0. The Kier molecular flexibility index (Phi) is 8.16. The van der Waals surface area contributed by atoms with Crippen LogP contribution in [0.25, 0.3) is 11.2 Å². The number of aliphatic hydroxyl groups excluding tert-OH is 1. The first-order valence-corrected chi connectivity index (χ1v) is 11.7. The number of hydrogen-bond acceptors (Lipinski definition) is 7. The van der Waals surface area contributed by atoms with Crippen LogP contribution in [0, 0.1) is 13.8 Å². The molecule has 2 N–H and O–H groups in total. The predicted octanol–water partition coefficient (Wildman–Crippen LogP) is 1.24. The van der Waals surface area contributed by atoms with Gasteiger partial charge in [-0.25, -0.2) is 4.79 Å². The molecular formula is C24H36N6O4. The van der Waals surface area contributed by atoms with Crippen LogP contribution >= 0.6 is 0 Å². The van der Waals surface area contributed by atoms with Gasteiger partial charge >= 0.3 is 5.69 Å². The van der Waals surface area contributed by atoms with Crippen molar-refractivity contribution in [3.8, 4) is 5.75 Å². The van der Waals surface area contributed by atoms with E-state index < -0.39 is 17.4 Å². The average Bonchev–Trinajstić information content (AvgIpc) is 3.18. The second-order valence-corrected chi connectivity index (χ2v) is 8.59. The number of fused-ring (bicyclic) bond motifs is 1. The molecule has 0 fully saturated rings. The minimum atomic E-state index is -0.899. The second kappa shape index (κ2) is 10.9. The van der Waals surface area contributed by atoms with Crippen molar-refractivity contribution < 1.29 is 9.84 Å². The minimum Gasteiger partial charge on any atom is -0.491 e. The molecule has 34 heavy (non-hydrogen) atoms. The van der Waals surface area contributed by atoms with Crippen LogP contribution in [0.1, 0.15) is 25.0 Å². The van der Waals surface area contributed by atoms with Crippen LogP contribution in [0.5, 0.6) is 5.75 Å². The van der Waals surface area contributed by atoms with Crippen molar-refractivity contribution in [1.29, 1.82) is 0 Å². The number of hydrogen-bond donors (Lipinski definition) is 2. The number of aliphatic hydroxyl groups is 1. The molecule has 1 aromatic carbocycles. The normalized spacial score (nSPS) is 12.5. The van der Waals surface area contributed by atoms with Crippen LogP contribution < -0.4 is 21.3 Å². The fourth-order valence-electron chi connectivity index (χ4n) is 3.88. The van der Waals surface area contributed by atoms with Gasteiger partial charge in [-0.1, -0.05) is 19.9 Å². The predicted molar refractivity (Wildman–Crippen MR) is 134 cm³/mol. The third-order valence-corrected chi connectivity index (χ3v) is 6.27. The monoisotopic (exact) mass is 472 g/mol. The zero-order valence-electron chi connectivity index (χ0n) is 21.0. The summed E-state index contributed by atoms with van der Waals surface area (Å²) in [7, 11) is 3.02. The standard InChI is InChI=1S/C24H36N6O4/c1-7-29(8-2)12-11-25-23-26-21-20(22(32)28(6)24(33)27(21)5)30(23)14-18(31)15-34-19-10-9-16(3)17(4)13-19/h9-10,13,18,31H,7-8,11-12,14-15H2,1-6H3,(H,25,26)/t18-/m0/s1. The third kappa shape index (κ3) is 5.34. The van der Waals surface area contributed by atoms with Crippen molar-refractivity contribution in [3.05, 3.63) is 50.2 Å². The summed E-state index contributed by atoms with van der Waals surface area (Å²) in [6.45, 7) is 11.6. The average molecular weight is 473 g/mol. The van der Waals surface area contributed by atoms with Crippen LogP contribution in [0.3, 0.4) is 0 Å². The molecule has 2 aromatic heterocycles. The van der Waals surface area contributed by atoms with E-state index in [4.69, 9.17) is 4.74 Å². The van der Waals surface area contributed by atoms with Gasteiger partial charge in [-0.3, -0.25) is 13.9 Å². The maximum atomic E-state index is 13.0. The highest BCUT2D eigenvalue weighted by atomic mass is 16.5. The van der Waals surface area contributed by atoms with E-state index >= 15 is 0 Å². The Morgan fingerprint density at radius 3 is 2.47 bits per heavy atom. The van der Waals surface area contributed by atoms with Crippen molar-refractivity contribution in [2.75, 3.05) is 38.1 Å². The van der Waals surface area contributed by atoms with Gasteiger partial charge in [0.1, 0.15) is 18.5 Å². The van der Waals surface area contributed by atoms with Gasteiger partial charge in [0.25, 0.3) is 5.56 Å². The number of benzene rings is 1. The molecule has 1 atom stereocenters. The van der Waals surface area contributed by atoms with Crippen LogP contribution in [0.15, 0.2) is 27.8 Å². The second-order valence-electron chi connectivity index (χ2n) is 8.59. The molecule has 0 unspecified atom stereocenters. The largest absolute Gasteiger partial charge is 0.491 e. The van der Waals surface area contributed by atoms with E-state index in [0.717, 1.165) is 29.8 Å². The quantitative estimate of drug-likeness (QED) is 0.433. The Labute approximate surface area is 199 Å². The highest BCUT2D eigenvalue weighted by Gasteiger charge is 2.21. The Bertz CT molecular complexity index is 1260. The number of nitrogens with zero attached hydrogens (tertiary/aromatic N) is 5. The summed E-state index contributed by atoms with van der Waals surface area (Å²) in [6, 6.07) is 5.77. The van der Waals surface area contributed by atoms with Crippen LogP contribution in [0.4, 0.5) is 5.95 Å². The molecule has 10 nitrogen and oxygen atoms in total. The lowest BCUT2D eigenvalue weighted by Crippen LogP contribution is -2.38. The molecule has 0 aliphatic carbocycles. The van der Waals surface area contributed by atoms with Gasteiger partial charge in [0.15, 0.2) is 11.2 Å². The summed E-state index contributed by atoms with van der Waals surface area (Å²) in [5.41, 5.74) is 1.91. The van der Waals surface area contributed by atoms with Crippen molar-refractivity contribution in [1.82, 2.24) is 23.6 Å². The minimum absolute atomic E-state index is 0.0488. The van der Waals surface area contributed by atoms with E-state index in [1.807, 2.05) is 32.0 Å². The van der Waals surface area contributed by atoms with Crippen molar-refractivity contribution in [3.63, 3.8) is 0 Å². The molecule has 2 heterocycles.